The van der Waals surface area contributed by atoms with Crippen LogP contribution in [0.4, 0.5) is 0 Å². The second-order valence-corrected chi connectivity index (χ2v) is 5.83. The summed E-state index contributed by atoms with van der Waals surface area (Å²) in [5, 5.41) is 10.1. The van der Waals surface area contributed by atoms with Gasteiger partial charge in [-0.3, -0.25) is 14.8 Å². The SMILES string of the molecule is Cc1nc([C@@H]2CN(CC(=O)NC3CCOCC3)CCO2)n[nH]1. The van der Waals surface area contributed by atoms with Crippen molar-refractivity contribution in [1.29, 1.82) is 0 Å². The average molecular weight is 309 g/mol. The molecular formula is C14H23N5O3. The molecule has 1 atom stereocenters. The first kappa shape index (κ1) is 15.4. The van der Waals surface area contributed by atoms with Crippen LogP contribution in [0, 0.1) is 6.92 Å². The minimum atomic E-state index is -0.172. The molecule has 8 nitrogen and oxygen atoms in total. The molecule has 122 valence electrons. The molecule has 0 unspecified atom stereocenters. The Hall–Kier alpha value is -1.51. The Labute approximate surface area is 129 Å². The van der Waals surface area contributed by atoms with Gasteiger partial charge >= 0.3 is 0 Å². The van der Waals surface area contributed by atoms with Crippen LogP contribution in [0.1, 0.15) is 30.6 Å². The number of aryl methyl sites for hydroxylation is 1. The maximum absolute atomic E-state index is 12.2. The van der Waals surface area contributed by atoms with Crippen molar-refractivity contribution in [3.8, 4) is 0 Å². The molecule has 3 rings (SSSR count). The van der Waals surface area contributed by atoms with E-state index >= 15 is 0 Å². The lowest BCUT2D eigenvalue weighted by Crippen LogP contribution is -2.47. The Kier molecular flexibility index (Phi) is 5.01. The Morgan fingerprint density at radius 3 is 2.95 bits per heavy atom. The van der Waals surface area contributed by atoms with Crippen LogP contribution in [0.5, 0.6) is 0 Å². The Balaban J connectivity index is 1.48. The first-order chi connectivity index (χ1) is 10.7. The number of H-pyrrole nitrogens is 1. The lowest BCUT2D eigenvalue weighted by molar-refractivity contribution is -0.125. The molecule has 22 heavy (non-hydrogen) atoms. The molecule has 2 fully saturated rings. The summed E-state index contributed by atoms with van der Waals surface area (Å²) in [4.78, 5) is 18.6. The minimum Gasteiger partial charge on any atom is -0.381 e. The van der Waals surface area contributed by atoms with Crippen molar-refractivity contribution in [2.45, 2.75) is 31.9 Å². The lowest BCUT2D eigenvalue weighted by atomic mass is 10.1. The summed E-state index contributed by atoms with van der Waals surface area (Å²) in [6.07, 6.45) is 1.62. The summed E-state index contributed by atoms with van der Waals surface area (Å²) in [6, 6.07) is 0.244. The fourth-order valence-corrected chi connectivity index (χ4v) is 2.82. The topological polar surface area (TPSA) is 92.4 Å². The van der Waals surface area contributed by atoms with E-state index < -0.39 is 0 Å². The van der Waals surface area contributed by atoms with Gasteiger partial charge in [-0.15, -0.1) is 0 Å². The van der Waals surface area contributed by atoms with Gasteiger partial charge in [-0.1, -0.05) is 0 Å². The molecule has 0 spiro atoms. The highest BCUT2D eigenvalue weighted by Crippen LogP contribution is 2.18. The maximum atomic E-state index is 12.2. The van der Waals surface area contributed by atoms with E-state index in [1.165, 1.54) is 0 Å². The Morgan fingerprint density at radius 1 is 1.41 bits per heavy atom. The van der Waals surface area contributed by atoms with Gasteiger partial charge < -0.3 is 14.8 Å². The van der Waals surface area contributed by atoms with Crippen LogP contribution < -0.4 is 5.32 Å². The van der Waals surface area contributed by atoms with Gasteiger partial charge in [-0.05, 0) is 19.8 Å². The summed E-state index contributed by atoms with van der Waals surface area (Å²) < 4.78 is 11.0. The van der Waals surface area contributed by atoms with Gasteiger partial charge in [-0.2, -0.15) is 5.10 Å². The third-order valence-electron chi connectivity index (χ3n) is 4.01. The third kappa shape index (κ3) is 4.02. The van der Waals surface area contributed by atoms with Gasteiger partial charge in [0.2, 0.25) is 5.91 Å². The predicted molar refractivity (Wildman–Crippen MR) is 78.2 cm³/mol. The van der Waals surface area contributed by atoms with Crippen LogP contribution in [0.25, 0.3) is 0 Å². The van der Waals surface area contributed by atoms with Crippen LogP contribution in [0.15, 0.2) is 0 Å². The standard InChI is InChI=1S/C14H23N5O3/c1-10-15-14(18-17-10)12-8-19(4-7-22-12)9-13(20)16-11-2-5-21-6-3-11/h11-12H,2-9H2,1H3,(H,16,20)(H,15,17,18)/t12-/m0/s1. The molecule has 0 radical (unpaired) electrons. The molecule has 2 aliphatic rings. The summed E-state index contributed by atoms with van der Waals surface area (Å²) in [7, 11) is 0. The highest BCUT2D eigenvalue weighted by atomic mass is 16.5. The molecule has 1 aromatic rings. The number of carbonyl (C=O) groups excluding carboxylic acids is 1. The first-order valence-electron chi connectivity index (χ1n) is 7.80. The fourth-order valence-electron chi connectivity index (χ4n) is 2.82. The van der Waals surface area contributed by atoms with Crippen molar-refractivity contribution < 1.29 is 14.3 Å². The van der Waals surface area contributed by atoms with Crippen molar-refractivity contribution in [2.75, 3.05) is 39.5 Å². The van der Waals surface area contributed by atoms with Crippen LogP contribution >= 0.6 is 0 Å². The molecule has 3 heterocycles. The zero-order valence-electron chi connectivity index (χ0n) is 12.9. The largest absolute Gasteiger partial charge is 0.381 e. The maximum Gasteiger partial charge on any atom is 0.234 e. The third-order valence-corrected chi connectivity index (χ3v) is 4.01. The van der Waals surface area contributed by atoms with Crippen LogP contribution in [-0.2, 0) is 14.3 Å². The number of ether oxygens (including phenoxy) is 2. The van der Waals surface area contributed by atoms with E-state index in [-0.39, 0.29) is 18.1 Å². The van der Waals surface area contributed by atoms with Crippen molar-refractivity contribution in [3.05, 3.63) is 11.6 Å². The van der Waals surface area contributed by atoms with Crippen molar-refractivity contribution in [1.82, 2.24) is 25.4 Å². The van der Waals surface area contributed by atoms with Gasteiger partial charge in [-0.25, -0.2) is 4.98 Å². The number of rotatable bonds is 4. The molecular weight excluding hydrogens is 286 g/mol. The number of morpholine rings is 1. The highest BCUT2D eigenvalue weighted by molar-refractivity contribution is 5.78. The number of hydrogen-bond donors (Lipinski definition) is 2. The zero-order valence-corrected chi connectivity index (χ0v) is 12.9. The number of amides is 1. The zero-order chi connectivity index (χ0) is 15.4. The second kappa shape index (κ2) is 7.17. The molecule has 2 N–H and O–H groups in total. The number of aromatic nitrogens is 3. The van der Waals surface area contributed by atoms with E-state index in [9.17, 15) is 4.79 Å². The quantitative estimate of drug-likeness (QED) is 0.799. The summed E-state index contributed by atoms with van der Waals surface area (Å²) in [5.74, 6) is 1.50. The van der Waals surface area contributed by atoms with Crippen LogP contribution in [0.2, 0.25) is 0 Å². The molecule has 0 bridgehead atoms. The van der Waals surface area contributed by atoms with Gasteiger partial charge in [0, 0.05) is 32.3 Å². The van der Waals surface area contributed by atoms with Gasteiger partial charge in [0.05, 0.1) is 13.2 Å². The van der Waals surface area contributed by atoms with E-state index in [0.29, 0.717) is 25.5 Å². The number of aromatic amines is 1. The minimum absolute atomic E-state index is 0.0683. The summed E-state index contributed by atoms with van der Waals surface area (Å²) in [6.45, 7) is 5.69. The highest BCUT2D eigenvalue weighted by Gasteiger charge is 2.26. The first-order valence-corrected chi connectivity index (χ1v) is 7.80. The number of carbonyl (C=O) groups is 1. The second-order valence-electron chi connectivity index (χ2n) is 5.83. The van der Waals surface area contributed by atoms with Crippen molar-refractivity contribution in [3.63, 3.8) is 0 Å². The Bertz CT molecular complexity index is 500. The van der Waals surface area contributed by atoms with Crippen molar-refractivity contribution >= 4 is 5.91 Å². The normalized spacial score (nSPS) is 24.3. The van der Waals surface area contributed by atoms with Crippen LogP contribution in [-0.4, -0.2) is 71.5 Å². The molecule has 0 aromatic carbocycles. The van der Waals surface area contributed by atoms with Gasteiger partial charge in [0.25, 0.3) is 0 Å². The van der Waals surface area contributed by atoms with E-state index in [1.54, 1.807) is 0 Å². The smallest absolute Gasteiger partial charge is 0.234 e. The van der Waals surface area contributed by atoms with E-state index in [2.05, 4.69) is 25.4 Å². The molecule has 8 heteroatoms. The van der Waals surface area contributed by atoms with E-state index in [4.69, 9.17) is 9.47 Å². The van der Waals surface area contributed by atoms with Gasteiger partial charge in [0.15, 0.2) is 5.82 Å². The summed E-state index contributed by atoms with van der Waals surface area (Å²) >= 11 is 0. The summed E-state index contributed by atoms with van der Waals surface area (Å²) in [5.41, 5.74) is 0. The van der Waals surface area contributed by atoms with Gasteiger partial charge in [0.1, 0.15) is 11.9 Å². The number of hydrogen-bond acceptors (Lipinski definition) is 6. The van der Waals surface area contributed by atoms with Crippen molar-refractivity contribution in [2.24, 2.45) is 0 Å². The molecule has 0 saturated carbocycles. The molecule has 2 aliphatic heterocycles. The molecule has 1 amide bonds. The number of nitrogens with one attached hydrogen (secondary N) is 2. The average Bonchev–Trinajstić information content (AvgIpc) is 2.95. The Morgan fingerprint density at radius 2 is 2.23 bits per heavy atom. The predicted octanol–water partition coefficient (Wildman–Crippen LogP) is -0.218. The molecule has 2 saturated heterocycles. The van der Waals surface area contributed by atoms with E-state index in [1.807, 2.05) is 6.92 Å². The fraction of sp³-hybridized carbons (Fsp3) is 0.786. The lowest BCUT2D eigenvalue weighted by Gasteiger charge is -2.31. The molecule has 1 aromatic heterocycles. The monoisotopic (exact) mass is 309 g/mol. The van der Waals surface area contributed by atoms with E-state index in [0.717, 1.165) is 38.4 Å². The van der Waals surface area contributed by atoms with Crippen LogP contribution in [0.3, 0.4) is 0 Å². The number of nitrogens with zero attached hydrogens (tertiary/aromatic N) is 3. The molecule has 0 aliphatic carbocycles.